The zero-order chi connectivity index (χ0) is 22.9. The Bertz CT molecular complexity index is 1160. The summed E-state index contributed by atoms with van der Waals surface area (Å²) in [7, 11) is 0. The number of hydrogen-bond donors (Lipinski definition) is 1. The van der Waals surface area contributed by atoms with Crippen LogP contribution < -0.4 is 4.74 Å². The molecule has 0 fully saturated rings. The first kappa shape index (κ1) is 24.9. The largest absolute Gasteiger partial charge is 0.506 e. The molecule has 3 aromatic carbocycles. The molecular weight excluding hydrogens is 800 g/mol. The average Bonchev–Trinajstić information content (AvgIpc) is 2.96. The fourth-order valence-electron chi connectivity index (χ4n) is 2.41. The van der Waals surface area contributed by atoms with E-state index in [1.807, 2.05) is 12.1 Å². The van der Waals surface area contributed by atoms with Gasteiger partial charge >= 0.3 is 11.9 Å². The molecule has 0 aromatic heterocycles. The third-order valence-corrected chi connectivity index (χ3v) is 7.08. The van der Waals surface area contributed by atoms with Crippen LogP contribution in [-0.4, -0.2) is 17.0 Å². The highest BCUT2D eigenvalue weighted by atomic mass is 79.9. The number of hydrogen-bond acceptors (Lipinski definition) is 5. The molecule has 5 nitrogen and oxygen atoms in total. The molecule has 1 N–H and O–H groups in total. The number of ether oxygens (including phenoxy) is 2. The van der Waals surface area contributed by atoms with E-state index in [0.29, 0.717) is 20.4 Å². The quantitative estimate of drug-likeness (QED) is 0.207. The lowest BCUT2D eigenvalue weighted by Gasteiger charge is -2.10. The van der Waals surface area contributed by atoms with Gasteiger partial charge < -0.3 is 14.6 Å². The first-order valence-electron chi connectivity index (χ1n) is 8.13. The maximum Gasteiger partial charge on any atom is 0.347 e. The fraction of sp³-hybridized carbons (Fsp3) is 0. The van der Waals surface area contributed by atoms with E-state index < -0.39 is 11.9 Å². The molecule has 0 unspecified atom stereocenters. The van der Waals surface area contributed by atoms with E-state index in [-0.39, 0.29) is 16.9 Å². The predicted octanol–water partition coefficient (Wildman–Crippen LogP) is 8.76. The third-order valence-electron chi connectivity index (χ3n) is 3.78. The lowest BCUT2D eigenvalue weighted by Crippen LogP contribution is -1.96. The number of carbonyl (C=O) groups is 2. The van der Waals surface area contributed by atoms with Crippen molar-refractivity contribution in [2.24, 2.45) is 0 Å². The first-order valence-corrected chi connectivity index (χ1v) is 12.9. The number of phenolic OH excluding ortho intramolecular Hbond substituents is 1. The molecule has 0 spiro atoms. The van der Waals surface area contributed by atoms with Crippen LogP contribution in [0.15, 0.2) is 69.3 Å². The van der Waals surface area contributed by atoms with E-state index in [2.05, 4.69) is 100 Å². The van der Waals surface area contributed by atoms with Crippen molar-refractivity contribution in [2.45, 2.75) is 0 Å². The number of aromatic hydroxyl groups is 1. The van der Waals surface area contributed by atoms with E-state index in [1.54, 1.807) is 18.2 Å². The lowest BCUT2D eigenvalue weighted by molar-refractivity contribution is 0.0443. The maximum atomic E-state index is 11.5. The normalized spacial score (nSPS) is 12.1. The van der Waals surface area contributed by atoms with E-state index in [9.17, 15) is 14.7 Å². The van der Waals surface area contributed by atoms with E-state index >= 15 is 0 Å². The van der Waals surface area contributed by atoms with Gasteiger partial charge in [-0.3, -0.25) is 0 Å². The van der Waals surface area contributed by atoms with Crippen LogP contribution in [0.4, 0.5) is 0 Å². The second-order valence-electron chi connectivity index (χ2n) is 5.90. The van der Waals surface area contributed by atoms with Crippen molar-refractivity contribution in [2.75, 3.05) is 0 Å². The number of halogens is 6. The van der Waals surface area contributed by atoms with Crippen molar-refractivity contribution < 1.29 is 24.2 Å². The number of rotatable bonds is 2. The van der Waals surface area contributed by atoms with Crippen molar-refractivity contribution in [3.05, 3.63) is 80.4 Å². The van der Waals surface area contributed by atoms with Crippen LogP contribution in [0.5, 0.6) is 17.2 Å². The topological polar surface area (TPSA) is 72.8 Å². The highest BCUT2D eigenvalue weighted by molar-refractivity contribution is 9.12. The molecule has 0 amide bonds. The van der Waals surface area contributed by atoms with Crippen molar-refractivity contribution >= 4 is 108 Å². The highest BCUT2D eigenvalue weighted by Gasteiger charge is 2.30. The number of benzene rings is 3. The summed E-state index contributed by atoms with van der Waals surface area (Å²) in [6.07, 6.45) is 0. The maximum absolute atomic E-state index is 11.5. The number of fused-ring (bicyclic) bond motifs is 1. The Morgan fingerprint density at radius 1 is 0.677 bits per heavy atom. The number of phenols is 1. The minimum atomic E-state index is -0.658. The molecule has 31 heavy (non-hydrogen) atoms. The van der Waals surface area contributed by atoms with Gasteiger partial charge in [0, 0.05) is 8.95 Å². The molecule has 3 aromatic rings. The first-order chi connectivity index (χ1) is 14.6. The monoisotopic (exact) mass is 802 g/mol. The van der Waals surface area contributed by atoms with Crippen LogP contribution in [0.2, 0.25) is 0 Å². The zero-order valence-corrected chi connectivity index (χ0v) is 24.4. The second kappa shape index (κ2) is 10.5. The number of cyclic esters (lactones) is 2. The zero-order valence-electron chi connectivity index (χ0n) is 14.9. The molecule has 0 radical (unpaired) electrons. The van der Waals surface area contributed by atoms with Gasteiger partial charge in [0.1, 0.15) is 11.5 Å². The predicted molar refractivity (Wildman–Crippen MR) is 137 cm³/mol. The van der Waals surface area contributed by atoms with Crippen molar-refractivity contribution in [3.63, 3.8) is 0 Å². The Kier molecular flexibility index (Phi) is 8.42. The van der Waals surface area contributed by atoms with Crippen LogP contribution >= 0.6 is 95.6 Å². The highest BCUT2D eigenvalue weighted by Crippen LogP contribution is 2.40. The molecular formula is C20H8Br6O5. The molecule has 160 valence electrons. The van der Waals surface area contributed by atoms with Gasteiger partial charge in [0.2, 0.25) is 0 Å². The summed E-state index contributed by atoms with van der Waals surface area (Å²) in [4.78, 5) is 22.9. The Labute approximate surface area is 227 Å². The van der Waals surface area contributed by atoms with Crippen LogP contribution in [0, 0.1) is 0 Å². The van der Waals surface area contributed by atoms with Gasteiger partial charge in [-0.2, -0.15) is 0 Å². The van der Waals surface area contributed by atoms with Gasteiger partial charge in [0.25, 0.3) is 0 Å². The molecule has 1 heterocycles. The smallest absolute Gasteiger partial charge is 0.347 e. The Hall–Kier alpha value is -0.720. The Morgan fingerprint density at radius 3 is 1.71 bits per heavy atom. The number of carbonyl (C=O) groups excluding carboxylic acids is 2. The number of esters is 2. The lowest BCUT2D eigenvalue weighted by atomic mass is 10.1. The summed E-state index contributed by atoms with van der Waals surface area (Å²) in [5, 5.41) is 9.22. The van der Waals surface area contributed by atoms with E-state index in [1.165, 1.54) is 12.1 Å². The molecule has 0 aliphatic carbocycles. The minimum Gasteiger partial charge on any atom is -0.506 e. The molecule has 4 rings (SSSR count). The third kappa shape index (κ3) is 6.00. The molecule has 0 atom stereocenters. The van der Waals surface area contributed by atoms with Crippen LogP contribution in [0.25, 0.3) is 0 Å². The summed E-state index contributed by atoms with van der Waals surface area (Å²) in [5.74, 6) is -0.0647. The summed E-state index contributed by atoms with van der Waals surface area (Å²) in [5.41, 5.74) is 0.461. The van der Waals surface area contributed by atoms with Gasteiger partial charge in [-0.15, -0.1) is 0 Å². The fourth-order valence-corrected chi connectivity index (χ4v) is 7.09. The van der Waals surface area contributed by atoms with Crippen molar-refractivity contribution in [1.82, 2.24) is 0 Å². The van der Waals surface area contributed by atoms with Gasteiger partial charge in [-0.1, -0.05) is 31.9 Å². The summed E-state index contributed by atoms with van der Waals surface area (Å²) >= 11 is 19.8. The minimum absolute atomic E-state index is 0.210. The summed E-state index contributed by atoms with van der Waals surface area (Å²) in [6.45, 7) is 0. The molecule has 1 aliphatic rings. The van der Waals surface area contributed by atoms with Crippen LogP contribution in [0.1, 0.15) is 20.7 Å². The Morgan fingerprint density at radius 2 is 1.16 bits per heavy atom. The van der Waals surface area contributed by atoms with E-state index in [4.69, 9.17) is 4.74 Å². The van der Waals surface area contributed by atoms with E-state index in [0.717, 1.165) is 17.9 Å². The van der Waals surface area contributed by atoms with Gasteiger partial charge in [0.05, 0.1) is 29.0 Å². The van der Waals surface area contributed by atoms with Gasteiger partial charge in [-0.05, 0) is 106 Å². The second-order valence-corrected chi connectivity index (χ2v) is 11.2. The van der Waals surface area contributed by atoms with Crippen LogP contribution in [-0.2, 0) is 4.74 Å². The molecule has 0 bridgehead atoms. The van der Waals surface area contributed by atoms with Crippen molar-refractivity contribution in [1.29, 1.82) is 0 Å². The SMILES string of the molecule is O=C1OC(=O)c2cc(Oc3c(Br)cc(Br)cc3Br)ccc21.Oc1c(Br)cc(Br)cc1Br. The van der Waals surface area contributed by atoms with Gasteiger partial charge in [0.15, 0.2) is 5.75 Å². The average molecular weight is 808 g/mol. The van der Waals surface area contributed by atoms with Crippen LogP contribution in [0.3, 0.4) is 0 Å². The standard InChI is InChI=1S/C14H5Br3O4.C6H3Br3O/c15-6-3-10(16)12(11(17)4-6)20-7-1-2-8-9(5-7)14(19)21-13(8)18;7-3-1-4(8)6(10)5(9)2-3/h1-5H;1-2,10H. The summed E-state index contributed by atoms with van der Waals surface area (Å²) < 4.78 is 14.9. The molecule has 1 aliphatic heterocycles. The molecule has 11 heteroatoms. The Balaban J connectivity index is 0.000000229. The van der Waals surface area contributed by atoms with Gasteiger partial charge in [-0.25, -0.2) is 9.59 Å². The molecule has 0 saturated heterocycles. The molecule has 0 saturated carbocycles. The van der Waals surface area contributed by atoms with Crippen molar-refractivity contribution in [3.8, 4) is 17.2 Å². The summed E-state index contributed by atoms with van der Waals surface area (Å²) in [6, 6.07) is 11.8.